The summed E-state index contributed by atoms with van der Waals surface area (Å²) in [7, 11) is -1.53. The normalized spacial score (nSPS) is 19.4. The highest BCUT2D eigenvalue weighted by atomic mass is 79.9. The van der Waals surface area contributed by atoms with E-state index >= 15 is 0 Å². The number of halogens is 1. The lowest BCUT2D eigenvalue weighted by molar-refractivity contribution is 0.293. The zero-order valence-corrected chi connectivity index (χ0v) is 15.4. The van der Waals surface area contributed by atoms with Crippen LogP contribution >= 0.6 is 15.9 Å². The first-order valence-electron chi connectivity index (χ1n) is 7.73. The molecule has 0 aliphatic heterocycles. The fourth-order valence-electron chi connectivity index (χ4n) is 2.96. The summed E-state index contributed by atoms with van der Waals surface area (Å²) in [5.41, 5.74) is 0.296. The van der Waals surface area contributed by atoms with Crippen LogP contribution in [0.5, 0.6) is 5.88 Å². The van der Waals surface area contributed by atoms with E-state index < -0.39 is 14.6 Å². The molecule has 2 fully saturated rings. The van der Waals surface area contributed by atoms with E-state index in [1.165, 1.54) is 4.57 Å². The summed E-state index contributed by atoms with van der Waals surface area (Å²) in [4.78, 5) is 12.1. The molecule has 0 radical (unpaired) electrons. The van der Waals surface area contributed by atoms with E-state index in [4.69, 9.17) is 4.74 Å². The monoisotopic (exact) mass is 413 g/mol. The van der Waals surface area contributed by atoms with Crippen molar-refractivity contribution in [3.8, 4) is 5.88 Å². The molecule has 24 heavy (non-hydrogen) atoms. The van der Waals surface area contributed by atoms with Crippen LogP contribution in [-0.2, 0) is 16.9 Å². The molecule has 7 nitrogen and oxygen atoms in total. The summed E-state index contributed by atoms with van der Waals surface area (Å²) >= 11 is 3.22. The van der Waals surface area contributed by atoms with Crippen LogP contribution in [0.25, 0.3) is 10.9 Å². The van der Waals surface area contributed by atoms with Crippen molar-refractivity contribution in [2.45, 2.75) is 35.7 Å². The molecule has 4 rings (SSSR count). The van der Waals surface area contributed by atoms with Gasteiger partial charge in [0.05, 0.1) is 15.9 Å². The number of ether oxygens (including phenoxy) is 1. The van der Waals surface area contributed by atoms with Crippen LogP contribution < -0.4 is 10.3 Å². The van der Waals surface area contributed by atoms with Crippen LogP contribution in [0.3, 0.4) is 0 Å². The summed E-state index contributed by atoms with van der Waals surface area (Å²) < 4.78 is 31.9. The number of nitrogens with zero attached hydrogens (tertiary/aromatic N) is 3. The Morgan fingerprint density at radius 3 is 2.75 bits per heavy atom. The predicted octanol–water partition coefficient (Wildman–Crippen LogP) is 1.58. The molecule has 0 aromatic carbocycles. The Kier molecular flexibility index (Phi) is 3.51. The van der Waals surface area contributed by atoms with Crippen LogP contribution in [-0.4, -0.2) is 39.8 Å². The summed E-state index contributed by atoms with van der Waals surface area (Å²) in [5, 5.41) is 8.36. The Hall–Kier alpha value is -1.48. The molecule has 0 atom stereocenters. The van der Waals surface area contributed by atoms with Crippen molar-refractivity contribution in [1.82, 2.24) is 14.8 Å². The minimum atomic E-state index is -3.15. The van der Waals surface area contributed by atoms with Crippen molar-refractivity contribution in [1.29, 1.82) is 0 Å². The van der Waals surface area contributed by atoms with Gasteiger partial charge in [0, 0.05) is 12.4 Å². The third-order valence-electron chi connectivity index (χ3n) is 4.79. The average molecular weight is 414 g/mol. The number of fused-ring (bicyclic) bond motifs is 1. The van der Waals surface area contributed by atoms with Gasteiger partial charge in [-0.3, -0.25) is 4.79 Å². The first-order valence-corrected chi connectivity index (χ1v) is 10.1. The van der Waals surface area contributed by atoms with Crippen molar-refractivity contribution >= 4 is 36.7 Å². The van der Waals surface area contributed by atoms with Gasteiger partial charge < -0.3 is 9.30 Å². The largest absolute Gasteiger partial charge is 0.473 e. The third kappa shape index (κ3) is 2.36. The summed E-state index contributed by atoms with van der Waals surface area (Å²) in [6.45, 7) is 0.0594. The maximum Gasteiger partial charge on any atom is 0.265 e. The van der Waals surface area contributed by atoms with Gasteiger partial charge in [-0.25, -0.2) is 8.42 Å². The van der Waals surface area contributed by atoms with Gasteiger partial charge in [0.2, 0.25) is 0 Å². The molecule has 0 amide bonds. The third-order valence-corrected chi connectivity index (χ3v) is 8.44. The van der Waals surface area contributed by atoms with Crippen LogP contribution in [0, 0.1) is 0 Å². The number of hydrogen-bond donors (Lipinski definition) is 0. The fraction of sp³-hybridized carbons (Fsp3) is 0.533. The number of hydrogen-bond acceptors (Lipinski definition) is 6. The average Bonchev–Trinajstić information content (AvgIpc) is 3.43. The second kappa shape index (κ2) is 5.26. The molecule has 2 aromatic heterocycles. The fourth-order valence-corrected chi connectivity index (χ4v) is 5.83. The number of rotatable bonds is 5. The van der Waals surface area contributed by atoms with Gasteiger partial charge >= 0.3 is 0 Å². The lowest BCUT2D eigenvalue weighted by atomic mass is 10.3. The van der Waals surface area contributed by atoms with E-state index in [1.807, 2.05) is 0 Å². The Bertz CT molecular complexity index is 994. The zero-order valence-electron chi connectivity index (χ0n) is 13.0. The van der Waals surface area contributed by atoms with E-state index in [0.717, 1.165) is 12.8 Å². The van der Waals surface area contributed by atoms with E-state index in [9.17, 15) is 13.2 Å². The van der Waals surface area contributed by atoms with Crippen molar-refractivity contribution in [2.24, 2.45) is 7.05 Å². The highest BCUT2D eigenvalue weighted by Crippen LogP contribution is 2.50. The van der Waals surface area contributed by atoms with E-state index in [1.54, 1.807) is 19.3 Å². The summed E-state index contributed by atoms with van der Waals surface area (Å²) in [5.74, 6) is 0.192. The maximum atomic E-state index is 12.6. The van der Waals surface area contributed by atoms with Gasteiger partial charge in [-0.15, -0.1) is 5.10 Å². The van der Waals surface area contributed by atoms with Crippen molar-refractivity contribution in [2.75, 3.05) is 6.61 Å². The van der Waals surface area contributed by atoms with Crippen molar-refractivity contribution < 1.29 is 13.2 Å². The molecule has 9 heteroatoms. The molecule has 0 saturated heterocycles. The Morgan fingerprint density at radius 1 is 1.42 bits per heavy atom. The second-order valence-corrected chi connectivity index (χ2v) is 10.0. The SMILES string of the molecule is Cn1c(=O)c(Br)cc2cnnc(OCC3(S(=O)(=O)C4CC4)CC3)c21. The van der Waals surface area contributed by atoms with E-state index in [-0.39, 0.29) is 23.3 Å². The number of sulfone groups is 1. The van der Waals surface area contributed by atoms with Gasteiger partial charge in [-0.1, -0.05) is 0 Å². The number of aromatic nitrogens is 3. The first kappa shape index (κ1) is 16.0. The van der Waals surface area contributed by atoms with Crippen LogP contribution in [0.15, 0.2) is 21.5 Å². The molecule has 2 aliphatic rings. The lowest BCUT2D eigenvalue weighted by Crippen LogP contribution is -2.33. The molecule has 0 bridgehead atoms. The summed E-state index contributed by atoms with van der Waals surface area (Å²) in [6.07, 6.45) is 4.28. The van der Waals surface area contributed by atoms with E-state index in [2.05, 4.69) is 26.1 Å². The zero-order chi connectivity index (χ0) is 17.1. The molecular weight excluding hydrogens is 398 g/mol. The van der Waals surface area contributed by atoms with E-state index in [0.29, 0.717) is 28.2 Å². The van der Waals surface area contributed by atoms with Gasteiger partial charge in [0.15, 0.2) is 9.84 Å². The minimum absolute atomic E-state index is 0.0594. The first-order chi connectivity index (χ1) is 11.4. The maximum absolute atomic E-state index is 12.6. The van der Waals surface area contributed by atoms with Crippen LogP contribution in [0.1, 0.15) is 25.7 Å². The molecule has 2 saturated carbocycles. The van der Waals surface area contributed by atoms with Gasteiger partial charge in [-0.05, 0) is 47.7 Å². The Balaban J connectivity index is 1.69. The van der Waals surface area contributed by atoms with Gasteiger partial charge in [0.1, 0.15) is 16.9 Å². The van der Waals surface area contributed by atoms with Gasteiger partial charge in [-0.2, -0.15) is 5.10 Å². The molecule has 0 N–H and O–H groups in total. The highest BCUT2D eigenvalue weighted by Gasteiger charge is 2.60. The molecule has 2 aromatic rings. The Labute approximate surface area is 147 Å². The van der Waals surface area contributed by atoms with Crippen LogP contribution in [0.4, 0.5) is 0 Å². The molecular formula is C15H16BrN3O4S. The molecule has 128 valence electrons. The standard InChI is InChI=1S/C15H16BrN3O4S/c1-19-12-9(6-11(16)14(19)20)7-17-18-13(12)23-8-15(4-5-15)24(21,22)10-2-3-10/h6-7,10H,2-5,8H2,1H3. The smallest absolute Gasteiger partial charge is 0.265 e. The highest BCUT2D eigenvalue weighted by molar-refractivity contribution is 9.10. The predicted molar refractivity (Wildman–Crippen MR) is 91.9 cm³/mol. The molecule has 0 spiro atoms. The Morgan fingerprint density at radius 2 is 2.12 bits per heavy atom. The van der Waals surface area contributed by atoms with Crippen molar-refractivity contribution in [3.05, 3.63) is 27.1 Å². The summed E-state index contributed by atoms with van der Waals surface area (Å²) in [6, 6.07) is 1.66. The van der Waals surface area contributed by atoms with Crippen molar-refractivity contribution in [3.63, 3.8) is 0 Å². The molecule has 0 unspecified atom stereocenters. The number of aryl methyl sites for hydroxylation is 1. The van der Waals surface area contributed by atoms with Gasteiger partial charge in [0.25, 0.3) is 11.4 Å². The van der Waals surface area contributed by atoms with Crippen LogP contribution in [0.2, 0.25) is 0 Å². The lowest BCUT2D eigenvalue weighted by Gasteiger charge is -2.17. The molecule has 2 aliphatic carbocycles. The molecule has 2 heterocycles. The topological polar surface area (TPSA) is 91.2 Å². The minimum Gasteiger partial charge on any atom is -0.473 e. The quantitative estimate of drug-likeness (QED) is 0.738. The number of pyridine rings is 1. The second-order valence-electron chi connectivity index (χ2n) is 6.53.